The van der Waals surface area contributed by atoms with E-state index in [2.05, 4.69) is 45.7 Å². The zero-order valence-corrected chi connectivity index (χ0v) is 17.6. The molecule has 1 saturated heterocycles. The van der Waals surface area contributed by atoms with Gasteiger partial charge in [0.05, 0.1) is 31.0 Å². The minimum atomic E-state index is 0.838. The van der Waals surface area contributed by atoms with Crippen molar-refractivity contribution in [2.45, 2.75) is 20.0 Å². The molecule has 4 rings (SSSR count). The highest BCUT2D eigenvalue weighted by molar-refractivity contribution is 5.78. The monoisotopic (exact) mass is 394 g/mol. The summed E-state index contributed by atoms with van der Waals surface area (Å²) >= 11 is 0. The second kappa shape index (κ2) is 8.80. The Labute approximate surface area is 172 Å². The van der Waals surface area contributed by atoms with Crippen molar-refractivity contribution in [3.8, 4) is 28.3 Å². The van der Waals surface area contributed by atoms with Crippen LogP contribution in [-0.2, 0) is 13.1 Å². The molecule has 0 saturated carbocycles. The number of imidazole rings is 1. The molecule has 1 fully saturated rings. The molecule has 0 N–H and O–H groups in total. The fraction of sp³-hybridized carbons (Fsp3) is 0.455. The van der Waals surface area contributed by atoms with Gasteiger partial charge in [-0.3, -0.25) is 9.58 Å². The average molecular weight is 395 g/mol. The summed E-state index contributed by atoms with van der Waals surface area (Å²) in [5.74, 6) is 0.838. The number of hydrogen-bond donors (Lipinski definition) is 0. The molecule has 0 bridgehead atoms. The minimum Gasteiger partial charge on any atom is -0.497 e. The van der Waals surface area contributed by atoms with Crippen LogP contribution in [0.3, 0.4) is 0 Å². The second-order valence-electron chi connectivity index (χ2n) is 7.60. The number of aromatic nitrogens is 4. The van der Waals surface area contributed by atoms with Gasteiger partial charge >= 0.3 is 0 Å². The lowest BCUT2D eigenvalue weighted by Gasteiger charge is -2.32. The molecular formula is C22H30N6O. The third kappa shape index (κ3) is 4.36. The van der Waals surface area contributed by atoms with Gasteiger partial charge in [-0.25, -0.2) is 4.98 Å². The molecule has 1 aromatic carbocycles. The summed E-state index contributed by atoms with van der Waals surface area (Å²) in [6.45, 7) is 9.40. The standard InChI is InChI=1S/C22H30N6O/c1-4-28-16-19(15-24-28)22-21(18-6-5-7-20(14-18)29-3)23-17-27(22)13-12-26-10-8-25(2)9-11-26/h5-7,14-17H,4,8-13H2,1-3H3. The van der Waals surface area contributed by atoms with Crippen LogP contribution in [0.15, 0.2) is 43.0 Å². The van der Waals surface area contributed by atoms with E-state index in [1.54, 1.807) is 7.11 Å². The minimum absolute atomic E-state index is 0.838. The second-order valence-corrected chi connectivity index (χ2v) is 7.60. The fourth-order valence-electron chi connectivity index (χ4n) is 3.82. The summed E-state index contributed by atoms with van der Waals surface area (Å²) < 4.78 is 9.65. The van der Waals surface area contributed by atoms with Crippen LogP contribution in [0.4, 0.5) is 0 Å². The number of rotatable bonds is 7. The normalized spacial score (nSPS) is 15.7. The van der Waals surface area contributed by atoms with E-state index in [4.69, 9.17) is 9.72 Å². The van der Waals surface area contributed by atoms with E-state index in [-0.39, 0.29) is 0 Å². The molecule has 1 aliphatic heterocycles. The van der Waals surface area contributed by atoms with E-state index in [0.717, 1.165) is 74.1 Å². The third-order valence-electron chi connectivity index (χ3n) is 5.66. The van der Waals surface area contributed by atoms with Gasteiger partial charge in [-0.2, -0.15) is 5.10 Å². The molecule has 1 aliphatic rings. The van der Waals surface area contributed by atoms with Crippen molar-refractivity contribution in [3.63, 3.8) is 0 Å². The van der Waals surface area contributed by atoms with E-state index in [1.165, 1.54) is 0 Å². The Balaban J connectivity index is 1.64. The molecule has 7 nitrogen and oxygen atoms in total. The maximum absolute atomic E-state index is 5.42. The molecule has 0 aliphatic carbocycles. The predicted molar refractivity (Wildman–Crippen MR) is 115 cm³/mol. The van der Waals surface area contributed by atoms with E-state index in [0.29, 0.717) is 0 Å². The Bertz CT molecular complexity index is 938. The first-order chi connectivity index (χ1) is 14.2. The molecule has 154 valence electrons. The number of likely N-dealkylation sites (N-methyl/N-ethyl adjacent to an activating group) is 1. The molecule has 0 unspecified atom stereocenters. The number of piperazine rings is 1. The molecule has 3 aromatic rings. The van der Waals surface area contributed by atoms with Crippen molar-refractivity contribution in [2.75, 3.05) is 46.9 Å². The van der Waals surface area contributed by atoms with Crippen LogP contribution in [0.1, 0.15) is 6.92 Å². The number of hydrogen-bond acceptors (Lipinski definition) is 5. The SMILES string of the molecule is CCn1cc(-c2c(-c3cccc(OC)c3)ncn2CCN2CCN(C)CC2)cn1. The fourth-order valence-corrected chi connectivity index (χ4v) is 3.82. The van der Waals surface area contributed by atoms with Gasteiger partial charge in [0.15, 0.2) is 0 Å². The smallest absolute Gasteiger partial charge is 0.119 e. The van der Waals surface area contributed by atoms with Crippen molar-refractivity contribution < 1.29 is 4.74 Å². The lowest BCUT2D eigenvalue weighted by molar-refractivity contribution is 0.150. The number of methoxy groups -OCH3 is 1. The zero-order chi connectivity index (χ0) is 20.2. The Hall–Kier alpha value is -2.64. The van der Waals surface area contributed by atoms with Crippen molar-refractivity contribution in [3.05, 3.63) is 43.0 Å². The number of benzene rings is 1. The van der Waals surface area contributed by atoms with E-state index < -0.39 is 0 Å². The highest BCUT2D eigenvalue weighted by Gasteiger charge is 2.19. The summed E-state index contributed by atoms with van der Waals surface area (Å²) in [4.78, 5) is 9.71. The summed E-state index contributed by atoms with van der Waals surface area (Å²) in [5.41, 5.74) is 4.24. The third-order valence-corrected chi connectivity index (χ3v) is 5.66. The van der Waals surface area contributed by atoms with Crippen LogP contribution < -0.4 is 4.74 Å². The average Bonchev–Trinajstić information content (AvgIpc) is 3.40. The topological polar surface area (TPSA) is 51.4 Å². The molecular weight excluding hydrogens is 364 g/mol. The quantitative estimate of drug-likeness (QED) is 0.617. The molecule has 7 heteroatoms. The van der Waals surface area contributed by atoms with Crippen LogP contribution in [0.2, 0.25) is 0 Å². The van der Waals surface area contributed by atoms with Gasteiger partial charge in [0, 0.05) is 63.1 Å². The maximum atomic E-state index is 5.42. The lowest BCUT2D eigenvalue weighted by Crippen LogP contribution is -2.45. The Morgan fingerprint density at radius 3 is 2.62 bits per heavy atom. The first kappa shape index (κ1) is 19.7. The zero-order valence-electron chi connectivity index (χ0n) is 17.6. The van der Waals surface area contributed by atoms with Gasteiger partial charge in [-0.1, -0.05) is 12.1 Å². The highest BCUT2D eigenvalue weighted by Crippen LogP contribution is 2.32. The van der Waals surface area contributed by atoms with Crippen LogP contribution in [0, 0.1) is 0 Å². The first-order valence-electron chi connectivity index (χ1n) is 10.3. The Morgan fingerprint density at radius 1 is 1.07 bits per heavy atom. The first-order valence-corrected chi connectivity index (χ1v) is 10.3. The van der Waals surface area contributed by atoms with E-state index >= 15 is 0 Å². The molecule has 0 atom stereocenters. The molecule has 2 aromatic heterocycles. The van der Waals surface area contributed by atoms with E-state index in [1.807, 2.05) is 35.4 Å². The molecule has 0 amide bonds. The summed E-state index contributed by atoms with van der Waals surface area (Å²) in [6, 6.07) is 8.10. The van der Waals surface area contributed by atoms with Gasteiger partial charge in [0.1, 0.15) is 5.75 Å². The molecule has 29 heavy (non-hydrogen) atoms. The summed E-state index contributed by atoms with van der Waals surface area (Å²) in [5, 5.41) is 4.49. The molecule has 0 spiro atoms. The van der Waals surface area contributed by atoms with E-state index in [9.17, 15) is 0 Å². The van der Waals surface area contributed by atoms with Gasteiger partial charge in [0.25, 0.3) is 0 Å². The maximum Gasteiger partial charge on any atom is 0.119 e. The largest absolute Gasteiger partial charge is 0.497 e. The van der Waals surface area contributed by atoms with Crippen LogP contribution in [-0.4, -0.2) is 76.0 Å². The van der Waals surface area contributed by atoms with Crippen LogP contribution in [0.5, 0.6) is 5.75 Å². The van der Waals surface area contributed by atoms with Crippen LogP contribution in [0.25, 0.3) is 22.5 Å². The highest BCUT2D eigenvalue weighted by atomic mass is 16.5. The summed E-state index contributed by atoms with van der Waals surface area (Å²) in [6.07, 6.45) is 6.01. The number of nitrogens with zero attached hydrogens (tertiary/aromatic N) is 6. The predicted octanol–water partition coefficient (Wildman–Crippen LogP) is 2.69. The van der Waals surface area contributed by atoms with Gasteiger partial charge in [-0.15, -0.1) is 0 Å². The Morgan fingerprint density at radius 2 is 1.90 bits per heavy atom. The van der Waals surface area contributed by atoms with Crippen molar-refractivity contribution in [1.82, 2.24) is 29.1 Å². The van der Waals surface area contributed by atoms with Crippen molar-refractivity contribution in [2.24, 2.45) is 0 Å². The number of ether oxygens (including phenoxy) is 1. The lowest BCUT2D eigenvalue weighted by atomic mass is 10.1. The van der Waals surface area contributed by atoms with Crippen LogP contribution >= 0.6 is 0 Å². The van der Waals surface area contributed by atoms with Gasteiger partial charge in [0.2, 0.25) is 0 Å². The Kier molecular flexibility index (Phi) is 5.97. The number of aryl methyl sites for hydroxylation is 1. The molecule has 3 heterocycles. The molecule has 0 radical (unpaired) electrons. The van der Waals surface area contributed by atoms with Gasteiger partial charge in [-0.05, 0) is 26.1 Å². The summed E-state index contributed by atoms with van der Waals surface area (Å²) in [7, 11) is 3.89. The van der Waals surface area contributed by atoms with Gasteiger partial charge < -0.3 is 14.2 Å². The van der Waals surface area contributed by atoms with Crippen molar-refractivity contribution >= 4 is 0 Å². The van der Waals surface area contributed by atoms with Crippen molar-refractivity contribution in [1.29, 1.82) is 0 Å².